The van der Waals surface area contributed by atoms with E-state index in [4.69, 9.17) is 5.11 Å². The topological polar surface area (TPSA) is 57.5 Å². The molecule has 0 heterocycles. The average Bonchev–Trinajstić information content (AvgIpc) is 2.37. The average molecular weight is 256 g/mol. The molecule has 0 amide bonds. The molecule has 0 spiro atoms. The van der Waals surface area contributed by atoms with Crippen molar-refractivity contribution in [2.75, 3.05) is 0 Å². The van der Waals surface area contributed by atoms with Crippen molar-refractivity contribution in [3.05, 3.63) is 53.6 Å². The fourth-order valence-electron chi connectivity index (χ4n) is 2.04. The van der Waals surface area contributed by atoms with Crippen molar-refractivity contribution in [3.8, 4) is 16.9 Å². The van der Waals surface area contributed by atoms with Gasteiger partial charge in [-0.05, 0) is 48.2 Å². The number of rotatable bonds is 3. The Morgan fingerprint density at radius 3 is 2.21 bits per heavy atom. The minimum absolute atomic E-state index is 0.234. The maximum absolute atomic E-state index is 10.9. The van der Waals surface area contributed by atoms with Gasteiger partial charge in [0.15, 0.2) is 0 Å². The highest BCUT2D eigenvalue weighted by molar-refractivity contribution is 5.76. The van der Waals surface area contributed by atoms with Gasteiger partial charge in [0.05, 0.1) is 5.92 Å². The van der Waals surface area contributed by atoms with Crippen molar-refractivity contribution in [2.45, 2.75) is 19.8 Å². The summed E-state index contributed by atoms with van der Waals surface area (Å²) in [5.41, 5.74) is 3.64. The third kappa shape index (κ3) is 2.94. The third-order valence-electron chi connectivity index (χ3n) is 3.18. The third-order valence-corrected chi connectivity index (χ3v) is 3.18. The fraction of sp³-hybridized carbons (Fsp3) is 0.188. The summed E-state index contributed by atoms with van der Waals surface area (Å²) in [6.45, 7) is 3.58. The van der Waals surface area contributed by atoms with Gasteiger partial charge in [-0.3, -0.25) is 4.79 Å². The number of carbonyl (C=O) groups is 1. The van der Waals surface area contributed by atoms with Crippen molar-refractivity contribution in [2.24, 2.45) is 0 Å². The van der Waals surface area contributed by atoms with E-state index >= 15 is 0 Å². The summed E-state index contributed by atoms with van der Waals surface area (Å²) in [5, 5.41) is 18.6. The zero-order valence-corrected chi connectivity index (χ0v) is 10.9. The molecule has 2 aromatic rings. The van der Waals surface area contributed by atoms with Crippen LogP contribution in [0.1, 0.15) is 24.0 Å². The molecule has 0 radical (unpaired) electrons. The van der Waals surface area contributed by atoms with Gasteiger partial charge in [-0.25, -0.2) is 0 Å². The Bertz CT molecular complexity index is 580. The highest BCUT2D eigenvalue weighted by atomic mass is 16.4. The van der Waals surface area contributed by atoms with Gasteiger partial charge in [0, 0.05) is 0 Å². The second kappa shape index (κ2) is 5.14. The molecule has 19 heavy (non-hydrogen) atoms. The van der Waals surface area contributed by atoms with E-state index in [0.717, 1.165) is 22.3 Å². The summed E-state index contributed by atoms with van der Waals surface area (Å²) in [4.78, 5) is 10.9. The van der Waals surface area contributed by atoms with Crippen LogP contribution >= 0.6 is 0 Å². The molecule has 0 aromatic heterocycles. The molecule has 0 aliphatic carbocycles. The number of carboxylic acids is 1. The number of carboxylic acid groups (broad SMARTS) is 1. The van der Waals surface area contributed by atoms with Crippen LogP contribution in [0.25, 0.3) is 11.1 Å². The molecule has 0 saturated heterocycles. The molecular weight excluding hydrogens is 240 g/mol. The number of hydrogen-bond acceptors (Lipinski definition) is 2. The smallest absolute Gasteiger partial charge is 0.310 e. The zero-order chi connectivity index (χ0) is 14.0. The second-order valence-corrected chi connectivity index (χ2v) is 4.74. The van der Waals surface area contributed by atoms with Crippen LogP contribution in [0.4, 0.5) is 0 Å². The standard InChI is InChI=1S/C16H16O3/c1-10-7-14(9-15(17)8-10)13-5-3-12(4-6-13)11(2)16(18)19/h3-9,11,17H,1-2H3,(H,18,19). The lowest BCUT2D eigenvalue weighted by Crippen LogP contribution is -2.06. The van der Waals surface area contributed by atoms with E-state index in [1.807, 2.05) is 37.3 Å². The van der Waals surface area contributed by atoms with E-state index in [1.165, 1.54) is 0 Å². The highest BCUT2D eigenvalue weighted by Gasteiger charge is 2.13. The number of aliphatic carboxylic acids is 1. The largest absolute Gasteiger partial charge is 0.508 e. The van der Waals surface area contributed by atoms with Crippen LogP contribution in [0.2, 0.25) is 0 Å². The van der Waals surface area contributed by atoms with Crippen molar-refractivity contribution < 1.29 is 15.0 Å². The Hall–Kier alpha value is -2.29. The summed E-state index contributed by atoms with van der Waals surface area (Å²) in [6, 6.07) is 12.8. The lowest BCUT2D eigenvalue weighted by molar-refractivity contribution is -0.138. The first-order valence-corrected chi connectivity index (χ1v) is 6.11. The molecule has 1 unspecified atom stereocenters. The second-order valence-electron chi connectivity index (χ2n) is 4.74. The maximum atomic E-state index is 10.9. The van der Waals surface area contributed by atoms with E-state index in [9.17, 15) is 9.90 Å². The van der Waals surface area contributed by atoms with Crippen LogP contribution < -0.4 is 0 Å². The first-order chi connectivity index (χ1) is 8.97. The molecule has 2 aromatic carbocycles. The number of benzene rings is 2. The molecule has 3 nitrogen and oxygen atoms in total. The molecule has 0 aliphatic heterocycles. The SMILES string of the molecule is Cc1cc(O)cc(-c2ccc(C(C)C(=O)O)cc2)c1. The van der Waals surface area contributed by atoms with Gasteiger partial charge in [0.2, 0.25) is 0 Å². The molecule has 2 N–H and O–H groups in total. The molecule has 0 saturated carbocycles. The van der Waals surface area contributed by atoms with Gasteiger partial charge in [-0.2, -0.15) is 0 Å². The molecule has 0 fully saturated rings. The molecule has 0 aliphatic rings. The van der Waals surface area contributed by atoms with Gasteiger partial charge in [-0.15, -0.1) is 0 Å². The van der Waals surface area contributed by atoms with Gasteiger partial charge in [0.1, 0.15) is 5.75 Å². The van der Waals surface area contributed by atoms with E-state index < -0.39 is 11.9 Å². The number of phenolic OH excluding ortho intramolecular Hbond substituents is 1. The van der Waals surface area contributed by atoms with Crippen molar-refractivity contribution in [3.63, 3.8) is 0 Å². The van der Waals surface area contributed by atoms with Gasteiger partial charge < -0.3 is 10.2 Å². The lowest BCUT2D eigenvalue weighted by atomic mass is 9.97. The number of hydrogen-bond donors (Lipinski definition) is 2. The highest BCUT2D eigenvalue weighted by Crippen LogP contribution is 2.27. The molecule has 1 atom stereocenters. The van der Waals surface area contributed by atoms with E-state index in [2.05, 4.69) is 0 Å². The minimum atomic E-state index is -0.832. The van der Waals surface area contributed by atoms with Crippen LogP contribution in [0.3, 0.4) is 0 Å². The van der Waals surface area contributed by atoms with E-state index in [0.29, 0.717) is 0 Å². The normalized spacial score (nSPS) is 12.1. The van der Waals surface area contributed by atoms with Crippen LogP contribution in [0.5, 0.6) is 5.75 Å². The van der Waals surface area contributed by atoms with E-state index in [-0.39, 0.29) is 5.75 Å². The monoisotopic (exact) mass is 256 g/mol. The van der Waals surface area contributed by atoms with Gasteiger partial charge >= 0.3 is 5.97 Å². The van der Waals surface area contributed by atoms with Crippen LogP contribution in [0.15, 0.2) is 42.5 Å². The quantitative estimate of drug-likeness (QED) is 0.882. The fourth-order valence-corrected chi connectivity index (χ4v) is 2.04. The minimum Gasteiger partial charge on any atom is -0.508 e. The summed E-state index contributed by atoms with van der Waals surface area (Å²) in [7, 11) is 0. The maximum Gasteiger partial charge on any atom is 0.310 e. The molecule has 3 heteroatoms. The molecule has 0 bridgehead atoms. The van der Waals surface area contributed by atoms with Crippen molar-refractivity contribution >= 4 is 5.97 Å². The summed E-state index contributed by atoms with van der Waals surface area (Å²) >= 11 is 0. The zero-order valence-electron chi connectivity index (χ0n) is 10.9. The van der Waals surface area contributed by atoms with Crippen LogP contribution in [-0.4, -0.2) is 16.2 Å². The first-order valence-electron chi connectivity index (χ1n) is 6.11. The van der Waals surface area contributed by atoms with Gasteiger partial charge in [0.25, 0.3) is 0 Å². The van der Waals surface area contributed by atoms with Crippen LogP contribution in [0, 0.1) is 6.92 Å². The Morgan fingerprint density at radius 2 is 1.68 bits per heavy atom. The van der Waals surface area contributed by atoms with Crippen molar-refractivity contribution in [1.82, 2.24) is 0 Å². The first kappa shape index (κ1) is 13.1. The Labute approximate surface area is 112 Å². The Morgan fingerprint density at radius 1 is 1.05 bits per heavy atom. The number of aryl methyl sites for hydroxylation is 1. The predicted molar refractivity (Wildman–Crippen MR) is 74.3 cm³/mol. The lowest BCUT2D eigenvalue weighted by Gasteiger charge is -2.09. The van der Waals surface area contributed by atoms with E-state index in [1.54, 1.807) is 19.1 Å². The molecular formula is C16H16O3. The van der Waals surface area contributed by atoms with Crippen LogP contribution in [-0.2, 0) is 4.79 Å². The summed E-state index contributed by atoms with van der Waals surface area (Å²) in [5.74, 6) is -1.11. The summed E-state index contributed by atoms with van der Waals surface area (Å²) in [6.07, 6.45) is 0. The number of phenols is 1. The predicted octanol–water partition coefficient (Wildman–Crippen LogP) is 3.56. The number of aromatic hydroxyl groups is 1. The molecule has 2 rings (SSSR count). The summed E-state index contributed by atoms with van der Waals surface area (Å²) < 4.78 is 0. The Balaban J connectivity index is 2.34. The van der Waals surface area contributed by atoms with Crippen molar-refractivity contribution in [1.29, 1.82) is 0 Å². The molecule has 98 valence electrons. The Kier molecular flexibility index (Phi) is 3.56. The van der Waals surface area contributed by atoms with Gasteiger partial charge in [-0.1, -0.05) is 30.3 Å².